The molecular weight excluding hydrogens is 356 g/mol. The van der Waals surface area contributed by atoms with Crippen LogP contribution in [0.1, 0.15) is 18.9 Å². The van der Waals surface area contributed by atoms with Gasteiger partial charge in [-0.15, -0.1) is 0 Å². The van der Waals surface area contributed by atoms with Gasteiger partial charge in [-0.1, -0.05) is 40.2 Å². The highest BCUT2D eigenvalue weighted by atomic mass is 79.9. The molecule has 1 heterocycles. The number of anilines is 2. The van der Waals surface area contributed by atoms with E-state index in [0.717, 1.165) is 22.1 Å². The Balaban J connectivity index is 1.68. The van der Waals surface area contributed by atoms with Crippen molar-refractivity contribution in [2.75, 3.05) is 10.2 Å². The van der Waals surface area contributed by atoms with Gasteiger partial charge in [-0.05, 0) is 43.2 Å². The monoisotopic (exact) mass is 372 g/mol. The quantitative estimate of drug-likeness (QED) is 0.833. The van der Waals surface area contributed by atoms with Crippen molar-refractivity contribution in [2.24, 2.45) is 0 Å². The molecule has 5 heteroatoms. The zero-order valence-corrected chi connectivity index (χ0v) is 14.3. The lowest BCUT2D eigenvalue weighted by atomic mass is 10.1. The zero-order valence-electron chi connectivity index (χ0n) is 12.8. The SMILES string of the molecule is CC1Cc2ccccc2N1C(=O)CC(=O)Nc1cccc(Br)c1. The topological polar surface area (TPSA) is 49.4 Å². The Kier molecular flexibility index (Phi) is 4.48. The predicted octanol–water partition coefficient (Wildman–Crippen LogP) is 3.76. The molecule has 1 unspecified atom stereocenters. The van der Waals surface area contributed by atoms with Gasteiger partial charge >= 0.3 is 0 Å². The van der Waals surface area contributed by atoms with Crippen LogP contribution in [0.3, 0.4) is 0 Å². The van der Waals surface area contributed by atoms with Gasteiger partial charge in [0.1, 0.15) is 6.42 Å². The van der Waals surface area contributed by atoms with Crippen LogP contribution in [0.15, 0.2) is 53.0 Å². The largest absolute Gasteiger partial charge is 0.326 e. The van der Waals surface area contributed by atoms with E-state index < -0.39 is 0 Å². The van der Waals surface area contributed by atoms with E-state index in [1.807, 2.05) is 43.3 Å². The minimum atomic E-state index is -0.301. The molecule has 0 spiro atoms. The first-order chi connectivity index (χ1) is 11.0. The number of carbonyl (C=O) groups is 2. The molecular formula is C18H17BrN2O2. The van der Waals surface area contributed by atoms with E-state index in [0.29, 0.717) is 5.69 Å². The van der Waals surface area contributed by atoms with E-state index in [-0.39, 0.29) is 24.3 Å². The third-order valence-electron chi connectivity index (χ3n) is 3.90. The first-order valence-electron chi connectivity index (χ1n) is 7.50. The minimum absolute atomic E-state index is 0.0820. The van der Waals surface area contributed by atoms with E-state index >= 15 is 0 Å². The van der Waals surface area contributed by atoms with Gasteiger partial charge in [-0.3, -0.25) is 9.59 Å². The van der Waals surface area contributed by atoms with Crippen molar-refractivity contribution >= 4 is 39.1 Å². The number of fused-ring (bicyclic) bond motifs is 1. The van der Waals surface area contributed by atoms with E-state index in [4.69, 9.17) is 0 Å². The molecule has 4 nitrogen and oxygen atoms in total. The molecule has 23 heavy (non-hydrogen) atoms. The Hall–Kier alpha value is -2.14. The molecule has 0 aromatic heterocycles. The average Bonchev–Trinajstić information content (AvgIpc) is 2.82. The van der Waals surface area contributed by atoms with Gasteiger partial charge in [-0.2, -0.15) is 0 Å². The maximum atomic E-state index is 12.5. The number of hydrogen-bond acceptors (Lipinski definition) is 2. The summed E-state index contributed by atoms with van der Waals surface area (Å²) in [6.07, 6.45) is 0.667. The van der Waals surface area contributed by atoms with Crippen molar-refractivity contribution in [3.05, 3.63) is 58.6 Å². The maximum Gasteiger partial charge on any atom is 0.236 e. The third kappa shape index (κ3) is 3.45. The molecule has 2 aromatic rings. The molecule has 0 radical (unpaired) electrons. The van der Waals surface area contributed by atoms with E-state index in [1.165, 1.54) is 0 Å². The van der Waals surface area contributed by atoms with Crippen molar-refractivity contribution in [3.63, 3.8) is 0 Å². The highest BCUT2D eigenvalue weighted by Gasteiger charge is 2.31. The van der Waals surface area contributed by atoms with Crippen LogP contribution in [0.5, 0.6) is 0 Å². The summed E-state index contributed by atoms with van der Waals surface area (Å²) in [4.78, 5) is 26.4. The molecule has 0 bridgehead atoms. The number of para-hydroxylation sites is 1. The lowest BCUT2D eigenvalue weighted by molar-refractivity contribution is -0.125. The van der Waals surface area contributed by atoms with Crippen LogP contribution in [0, 0.1) is 0 Å². The van der Waals surface area contributed by atoms with Crippen LogP contribution in [-0.4, -0.2) is 17.9 Å². The van der Waals surface area contributed by atoms with Crippen molar-refractivity contribution < 1.29 is 9.59 Å². The Bertz CT molecular complexity index is 760. The second kappa shape index (κ2) is 6.54. The van der Waals surface area contributed by atoms with Crippen molar-refractivity contribution in [1.82, 2.24) is 0 Å². The molecule has 2 aromatic carbocycles. The second-order valence-electron chi connectivity index (χ2n) is 5.68. The van der Waals surface area contributed by atoms with Crippen molar-refractivity contribution in [3.8, 4) is 0 Å². The number of rotatable bonds is 3. The van der Waals surface area contributed by atoms with Gasteiger partial charge in [-0.25, -0.2) is 0 Å². The highest BCUT2D eigenvalue weighted by Crippen LogP contribution is 2.32. The summed E-state index contributed by atoms with van der Waals surface area (Å²) < 4.78 is 0.878. The van der Waals surface area contributed by atoms with Crippen LogP contribution in [-0.2, 0) is 16.0 Å². The number of amides is 2. The Morgan fingerprint density at radius 2 is 2.00 bits per heavy atom. The van der Waals surface area contributed by atoms with Gasteiger partial charge in [0.25, 0.3) is 0 Å². The summed E-state index contributed by atoms with van der Waals surface area (Å²) in [7, 11) is 0. The summed E-state index contributed by atoms with van der Waals surface area (Å²) in [6.45, 7) is 2.00. The van der Waals surface area contributed by atoms with Gasteiger partial charge in [0.05, 0.1) is 0 Å². The average molecular weight is 373 g/mol. The molecule has 3 rings (SSSR count). The molecule has 0 saturated carbocycles. The molecule has 1 aliphatic rings. The second-order valence-corrected chi connectivity index (χ2v) is 6.60. The van der Waals surface area contributed by atoms with E-state index in [2.05, 4.69) is 21.2 Å². The smallest absolute Gasteiger partial charge is 0.236 e. The fourth-order valence-electron chi connectivity index (χ4n) is 2.94. The Morgan fingerprint density at radius 1 is 1.22 bits per heavy atom. The fraction of sp³-hybridized carbons (Fsp3) is 0.222. The Morgan fingerprint density at radius 3 is 2.78 bits per heavy atom. The molecule has 1 aliphatic heterocycles. The summed E-state index contributed by atoms with van der Waals surface area (Å²) in [5.41, 5.74) is 2.74. The molecule has 0 aliphatic carbocycles. The lowest BCUT2D eigenvalue weighted by Gasteiger charge is -2.22. The summed E-state index contributed by atoms with van der Waals surface area (Å²) in [6, 6.07) is 15.2. The number of halogens is 1. The number of nitrogens with zero attached hydrogens (tertiary/aromatic N) is 1. The van der Waals surface area contributed by atoms with Gasteiger partial charge in [0.2, 0.25) is 11.8 Å². The van der Waals surface area contributed by atoms with Crippen molar-refractivity contribution in [1.29, 1.82) is 0 Å². The number of carbonyl (C=O) groups excluding carboxylic acids is 2. The fourth-order valence-corrected chi connectivity index (χ4v) is 3.34. The number of nitrogens with one attached hydrogen (secondary N) is 1. The van der Waals surface area contributed by atoms with Crippen LogP contribution in [0.2, 0.25) is 0 Å². The number of hydrogen-bond donors (Lipinski definition) is 1. The van der Waals surface area contributed by atoms with Crippen LogP contribution in [0.25, 0.3) is 0 Å². The minimum Gasteiger partial charge on any atom is -0.326 e. The van der Waals surface area contributed by atoms with Crippen LogP contribution < -0.4 is 10.2 Å². The predicted molar refractivity (Wildman–Crippen MR) is 94.5 cm³/mol. The molecule has 0 fully saturated rings. The standard InChI is InChI=1S/C18H17BrN2O2/c1-12-9-13-5-2-3-8-16(13)21(12)18(23)11-17(22)20-15-7-4-6-14(19)10-15/h2-8,10,12H,9,11H2,1H3,(H,20,22). The molecule has 1 atom stereocenters. The van der Waals surface area contributed by atoms with E-state index in [1.54, 1.807) is 17.0 Å². The first kappa shape index (κ1) is 15.7. The van der Waals surface area contributed by atoms with Crippen LogP contribution >= 0.6 is 15.9 Å². The first-order valence-corrected chi connectivity index (χ1v) is 8.29. The van der Waals surface area contributed by atoms with Gasteiger partial charge in [0.15, 0.2) is 0 Å². The summed E-state index contributed by atoms with van der Waals surface area (Å²) in [5.74, 6) is -0.473. The van der Waals surface area contributed by atoms with Gasteiger partial charge in [0, 0.05) is 21.9 Å². The Labute approximate surface area is 143 Å². The highest BCUT2D eigenvalue weighted by molar-refractivity contribution is 9.10. The van der Waals surface area contributed by atoms with Crippen molar-refractivity contribution in [2.45, 2.75) is 25.8 Å². The lowest BCUT2D eigenvalue weighted by Crippen LogP contribution is -2.37. The van der Waals surface area contributed by atoms with Gasteiger partial charge < -0.3 is 10.2 Å². The zero-order chi connectivity index (χ0) is 16.4. The summed E-state index contributed by atoms with van der Waals surface area (Å²) in [5, 5.41) is 2.76. The normalized spacial score (nSPS) is 16.1. The third-order valence-corrected chi connectivity index (χ3v) is 4.39. The maximum absolute atomic E-state index is 12.5. The van der Waals surface area contributed by atoms with E-state index in [9.17, 15) is 9.59 Å². The molecule has 1 N–H and O–H groups in total. The van der Waals surface area contributed by atoms with Crippen LogP contribution in [0.4, 0.5) is 11.4 Å². The number of benzene rings is 2. The molecule has 118 valence electrons. The summed E-state index contributed by atoms with van der Waals surface area (Å²) >= 11 is 3.36. The molecule has 0 saturated heterocycles. The molecule has 2 amide bonds.